The van der Waals surface area contributed by atoms with E-state index in [0.717, 1.165) is 0 Å². The van der Waals surface area contributed by atoms with Gasteiger partial charge in [0, 0.05) is 10.6 Å². The summed E-state index contributed by atoms with van der Waals surface area (Å²) in [6.45, 7) is 3.57. The van der Waals surface area contributed by atoms with Crippen molar-refractivity contribution in [2.45, 2.75) is 19.1 Å². The molecule has 0 N–H and O–H groups in total. The number of carbonyl (C=O) groups excluding carboxylic acids is 3. The van der Waals surface area contributed by atoms with E-state index in [0.29, 0.717) is 15.6 Å². The Morgan fingerprint density at radius 3 is 2.61 bits per heavy atom. The summed E-state index contributed by atoms with van der Waals surface area (Å²) in [6.07, 6.45) is 1.25. The van der Waals surface area contributed by atoms with Crippen molar-refractivity contribution in [2.75, 3.05) is 13.2 Å². The average molecular weight is 354 g/mol. The van der Waals surface area contributed by atoms with E-state index in [-0.39, 0.29) is 30.1 Å². The van der Waals surface area contributed by atoms with Crippen LogP contribution in [-0.4, -0.2) is 41.0 Å². The first-order valence-corrected chi connectivity index (χ1v) is 8.33. The van der Waals surface area contributed by atoms with Crippen LogP contribution >= 0.6 is 23.4 Å². The van der Waals surface area contributed by atoms with Gasteiger partial charge < -0.3 is 4.74 Å². The van der Waals surface area contributed by atoms with Crippen molar-refractivity contribution in [3.05, 3.63) is 46.0 Å². The average Bonchev–Trinajstić information content (AvgIpc) is 2.75. The number of rotatable bonds is 5. The van der Waals surface area contributed by atoms with Gasteiger partial charge in [0.25, 0.3) is 0 Å². The van der Waals surface area contributed by atoms with Crippen molar-refractivity contribution in [1.29, 1.82) is 0 Å². The molecule has 1 aliphatic rings. The van der Waals surface area contributed by atoms with Crippen molar-refractivity contribution in [3.63, 3.8) is 0 Å². The Balaban J connectivity index is 2.17. The fourth-order valence-corrected chi connectivity index (χ4v) is 3.21. The lowest BCUT2D eigenvalue weighted by molar-refractivity contribution is -0.137. The molecule has 5 nitrogen and oxygen atoms in total. The summed E-state index contributed by atoms with van der Waals surface area (Å²) in [5.41, 5.74) is 0.460. The molecule has 1 fully saturated rings. The number of nitrogens with zero attached hydrogens (tertiary/aromatic N) is 1. The summed E-state index contributed by atoms with van der Waals surface area (Å²) in [7, 11) is 0. The van der Waals surface area contributed by atoms with Gasteiger partial charge in [-0.3, -0.25) is 14.5 Å². The first kappa shape index (κ1) is 17.6. The Kier molecular flexibility index (Phi) is 5.85. The van der Waals surface area contributed by atoms with Gasteiger partial charge in [-0.05, 0) is 38.1 Å². The van der Waals surface area contributed by atoms with Crippen LogP contribution in [0.4, 0.5) is 0 Å². The first-order chi connectivity index (χ1) is 10.9. The lowest BCUT2D eigenvalue weighted by atomic mass is 10.1. The van der Waals surface area contributed by atoms with Gasteiger partial charge in [-0.2, -0.15) is 0 Å². The summed E-state index contributed by atoms with van der Waals surface area (Å²) in [6, 6.07) is 6.45. The highest BCUT2D eigenvalue weighted by atomic mass is 35.5. The van der Waals surface area contributed by atoms with Gasteiger partial charge in [0.15, 0.2) is 5.78 Å². The molecule has 1 aromatic rings. The molecule has 1 aromatic carbocycles. The maximum Gasteiger partial charge on any atom is 0.333 e. The molecule has 0 saturated carbocycles. The number of thioether (sulfide) groups is 1. The van der Waals surface area contributed by atoms with E-state index in [1.165, 1.54) is 22.7 Å². The second kappa shape index (κ2) is 7.66. The number of carbonyl (C=O) groups is 3. The van der Waals surface area contributed by atoms with Crippen LogP contribution in [-0.2, 0) is 14.3 Å². The van der Waals surface area contributed by atoms with Gasteiger partial charge in [0.05, 0.1) is 29.5 Å². The minimum atomic E-state index is -0.527. The monoisotopic (exact) mass is 353 g/mol. The van der Waals surface area contributed by atoms with Crippen LogP contribution in [0.25, 0.3) is 0 Å². The summed E-state index contributed by atoms with van der Waals surface area (Å²) >= 11 is 7.04. The molecule has 1 amide bonds. The van der Waals surface area contributed by atoms with E-state index in [4.69, 9.17) is 16.3 Å². The van der Waals surface area contributed by atoms with E-state index < -0.39 is 5.97 Å². The van der Waals surface area contributed by atoms with Crippen molar-refractivity contribution >= 4 is 41.0 Å². The normalized spacial score (nSPS) is 19.3. The summed E-state index contributed by atoms with van der Waals surface area (Å²) in [4.78, 5) is 37.5. The van der Waals surface area contributed by atoms with E-state index in [2.05, 4.69) is 0 Å². The van der Waals surface area contributed by atoms with E-state index in [1.54, 1.807) is 38.1 Å². The molecule has 0 aromatic heterocycles. The van der Waals surface area contributed by atoms with Crippen molar-refractivity contribution < 1.29 is 19.1 Å². The second-order valence-electron chi connectivity index (χ2n) is 4.85. The fourth-order valence-electron chi connectivity index (χ4n) is 2.05. The van der Waals surface area contributed by atoms with Crippen molar-refractivity contribution in [3.8, 4) is 0 Å². The van der Waals surface area contributed by atoms with Gasteiger partial charge in [-0.15, -0.1) is 0 Å². The zero-order valence-electron chi connectivity index (χ0n) is 12.7. The molecule has 0 spiro atoms. The third-order valence-electron chi connectivity index (χ3n) is 3.17. The topological polar surface area (TPSA) is 63.7 Å². The molecule has 0 radical (unpaired) electrons. The third kappa shape index (κ3) is 4.36. The molecule has 0 bridgehead atoms. The summed E-state index contributed by atoms with van der Waals surface area (Å²) in [5, 5.41) is 0.628. The zero-order chi connectivity index (χ0) is 17.0. The predicted octanol–water partition coefficient (Wildman–Crippen LogP) is 2.89. The van der Waals surface area contributed by atoms with Crippen molar-refractivity contribution in [2.24, 2.45) is 0 Å². The third-order valence-corrected chi connectivity index (χ3v) is 4.56. The van der Waals surface area contributed by atoms with Crippen LogP contribution in [0, 0.1) is 0 Å². The zero-order valence-corrected chi connectivity index (χ0v) is 14.3. The fraction of sp³-hybridized carbons (Fsp3) is 0.312. The number of amides is 1. The van der Waals surface area contributed by atoms with Crippen LogP contribution in [0.1, 0.15) is 24.2 Å². The highest BCUT2D eigenvalue weighted by molar-refractivity contribution is 8.04. The molecule has 1 unspecified atom stereocenters. The minimum absolute atomic E-state index is 0.122. The Labute approximate surface area is 143 Å². The molecule has 1 saturated heterocycles. The second-order valence-corrected chi connectivity index (χ2v) is 6.65. The maximum atomic E-state index is 12.3. The van der Waals surface area contributed by atoms with Gasteiger partial charge in [-0.25, -0.2) is 4.79 Å². The van der Waals surface area contributed by atoms with E-state index in [9.17, 15) is 14.4 Å². The van der Waals surface area contributed by atoms with Crippen LogP contribution in [0.3, 0.4) is 0 Å². The smallest absolute Gasteiger partial charge is 0.333 e. The van der Waals surface area contributed by atoms with Gasteiger partial charge >= 0.3 is 5.97 Å². The number of ketones is 1. The molecule has 1 heterocycles. The van der Waals surface area contributed by atoms with Crippen molar-refractivity contribution in [1.82, 2.24) is 4.90 Å². The van der Waals surface area contributed by atoms with Gasteiger partial charge in [-0.1, -0.05) is 23.4 Å². The molecule has 0 aliphatic carbocycles. The standard InChI is InChI=1S/C16H16ClNO4S/c1-3-22-15(20)8-14-18(16(21)10(2)23-14)9-13(19)11-4-6-12(17)7-5-11/h4-8,10H,3,9H2,1-2H3/b14-8-. The van der Waals surface area contributed by atoms with Gasteiger partial charge in [0.1, 0.15) is 0 Å². The minimum Gasteiger partial charge on any atom is -0.463 e. The highest BCUT2D eigenvalue weighted by Crippen LogP contribution is 2.34. The number of ether oxygens (including phenoxy) is 1. The largest absolute Gasteiger partial charge is 0.463 e. The lowest BCUT2D eigenvalue weighted by Gasteiger charge is -2.16. The molecule has 23 heavy (non-hydrogen) atoms. The first-order valence-electron chi connectivity index (χ1n) is 7.07. The number of esters is 1. The Hall–Kier alpha value is -1.79. The molecular formula is C16H16ClNO4S. The summed E-state index contributed by atoms with van der Waals surface area (Å²) in [5.74, 6) is -0.951. The number of hydrogen-bond donors (Lipinski definition) is 0. The van der Waals surface area contributed by atoms with E-state index >= 15 is 0 Å². The molecule has 1 aliphatic heterocycles. The number of Topliss-reactive ketones (excluding diaryl/α,β-unsaturated/α-hetero) is 1. The van der Waals surface area contributed by atoms with Crippen LogP contribution in [0.5, 0.6) is 0 Å². The predicted molar refractivity (Wildman–Crippen MR) is 89.3 cm³/mol. The van der Waals surface area contributed by atoms with Crippen LogP contribution in [0.15, 0.2) is 35.4 Å². The Bertz CT molecular complexity index is 657. The molecule has 2 rings (SSSR count). The Morgan fingerprint density at radius 1 is 1.35 bits per heavy atom. The van der Waals surface area contributed by atoms with Crippen LogP contribution in [0.2, 0.25) is 5.02 Å². The maximum absolute atomic E-state index is 12.3. The highest BCUT2D eigenvalue weighted by Gasteiger charge is 2.35. The number of hydrogen-bond acceptors (Lipinski definition) is 5. The number of halogens is 1. The molecule has 1 atom stereocenters. The molecular weight excluding hydrogens is 338 g/mol. The quantitative estimate of drug-likeness (QED) is 0.462. The Morgan fingerprint density at radius 2 is 2.00 bits per heavy atom. The van der Waals surface area contributed by atoms with Gasteiger partial charge in [0.2, 0.25) is 5.91 Å². The summed E-state index contributed by atoms with van der Waals surface area (Å²) < 4.78 is 4.86. The molecule has 122 valence electrons. The molecule has 7 heteroatoms. The number of benzene rings is 1. The van der Waals surface area contributed by atoms with Crippen LogP contribution < -0.4 is 0 Å². The van der Waals surface area contributed by atoms with E-state index in [1.807, 2.05) is 0 Å². The SMILES string of the molecule is CCOC(=O)/C=C1\SC(C)C(=O)N1CC(=O)c1ccc(Cl)cc1. The lowest BCUT2D eigenvalue weighted by Crippen LogP contribution is -2.33.